The van der Waals surface area contributed by atoms with E-state index in [1.54, 1.807) is 6.08 Å². The molecule has 1 unspecified atom stereocenters. The maximum Gasteiger partial charge on any atom is 0.262 e. The summed E-state index contributed by atoms with van der Waals surface area (Å²) in [6.07, 6.45) is 4.86. The first-order chi connectivity index (χ1) is 11.9. The normalized spacial score (nSPS) is 17.8. The molecule has 1 amide bonds. The lowest BCUT2D eigenvalue weighted by Crippen LogP contribution is -2.32. The van der Waals surface area contributed by atoms with Crippen LogP contribution in [-0.2, 0) is 16.1 Å². The zero-order valence-corrected chi connectivity index (χ0v) is 15.8. The Labute approximate surface area is 150 Å². The van der Waals surface area contributed by atoms with Crippen LogP contribution < -0.4 is 5.32 Å². The molecule has 0 bridgehead atoms. The molecule has 5 nitrogen and oxygen atoms in total. The van der Waals surface area contributed by atoms with Gasteiger partial charge < -0.3 is 14.6 Å². The largest absolute Gasteiger partial charge is 0.376 e. The number of nitriles is 1. The fraction of sp³-hybridized carbons (Fsp3) is 0.600. The van der Waals surface area contributed by atoms with Crippen molar-refractivity contribution in [1.82, 2.24) is 9.88 Å². The number of nitrogens with one attached hydrogen (secondary N) is 1. The van der Waals surface area contributed by atoms with Gasteiger partial charge in [-0.05, 0) is 56.7 Å². The van der Waals surface area contributed by atoms with E-state index in [4.69, 9.17) is 4.74 Å². The monoisotopic (exact) mass is 343 g/mol. The van der Waals surface area contributed by atoms with E-state index in [0.29, 0.717) is 12.5 Å². The van der Waals surface area contributed by atoms with Crippen molar-refractivity contribution in [2.45, 2.75) is 59.6 Å². The minimum Gasteiger partial charge on any atom is -0.376 e. The van der Waals surface area contributed by atoms with Crippen LogP contribution in [0.25, 0.3) is 6.08 Å². The molecule has 0 aromatic carbocycles. The zero-order chi connectivity index (χ0) is 18.4. The van der Waals surface area contributed by atoms with Gasteiger partial charge in [0.1, 0.15) is 11.6 Å². The summed E-state index contributed by atoms with van der Waals surface area (Å²) < 4.78 is 7.75. The lowest BCUT2D eigenvalue weighted by Gasteiger charge is -2.11. The highest BCUT2D eigenvalue weighted by Gasteiger charge is 2.18. The first-order valence-corrected chi connectivity index (χ1v) is 9.10. The predicted octanol–water partition coefficient (Wildman–Crippen LogP) is 3.35. The van der Waals surface area contributed by atoms with Gasteiger partial charge in [0, 0.05) is 31.1 Å². The SMILES string of the molecule is Cc1cc(C=C(C#N)C(=O)NCC2CCCO2)c(C)n1CCC(C)C. The summed E-state index contributed by atoms with van der Waals surface area (Å²) in [6.45, 7) is 10.7. The highest BCUT2D eigenvalue weighted by Crippen LogP contribution is 2.20. The zero-order valence-electron chi connectivity index (χ0n) is 15.8. The molecule has 1 N–H and O–H groups in total. The predicted molar refractivity (Wildman–Crippen MR) is 98.9 cm³/mol. The molecule has 0 radical (unpaired) electrons. The van der Waals surface area contributed by atoms with Gasteiger partial charge in [0.05, 0.1) is 6.10 Å². The van der Waals surface area contributed by atoms with Gasteiger partial charge in [-0.1, -0.05) is 13.8 Å². The molecule has 1 atom stereocenters. The topological polar surface area (TPSA) is 67.1 Å². The Morgan fingerprint density at radius 1 is 1.52 bits per heavy atom. The first kappa shape index (κ1) is 19.3. The summed E-state index contributed by atoms with van der Waals surface area (Å²) in [5.41, 5.74) is 3.33. The van der Waals surface area contributed by atoms with E-state index in [0.717, 1.165) is 49.4 Å². The van der Waals surface area contributed by atoms with Crippen molar-refractivity contribution in [2.24, 2.45) is 5.92 Å². The maximum atomic E-state index is 12.3. The van der Waals surface area contributed by atoms with E-state index in [2.05, 4.69) is 30.7 Å². The fourth-order valence-electron chi connectivity index (χ4n) is 3.12. The van der Waals surface area contributed by atoms with Crippen molar-refractivity contribution in [3.63, 3.8) is 0 Å². The van der Waals surface area contributed by atoms with Gasteiger partial charge in [0.15, 0.2) is 0 Å². The molecule has 0 saturated carbocycles. The van der Waals surface area contributed by atoms with Crippen LogP contribution >= 0.6 is 0 Å². The fourth-order valence-corrected chi connectivity index (χ4v) is 3.12. The highest BCUT2D eigenvalue weighted by molar-refractivity contribution is 6.01. The molecule has 5 heteroatoms. The summed E-state index contributed by atoms with van der Waals surface area (Å²) in [7, 11) is 0. The highest BCUT2D eigenvalue weighted by atomic mass is 16.5. The molecule has 1 aliphatic heterocycles. The number of hydrogen-bond acceptors (Lipinski definition) is 3. The average molecular weight is 343 g/mol. The van der Waals surface area contributed by atoms with Gasteiger partial charge in [0.2, 0.25) is 0 Å². The Kier molecular flexibility index (Phi) is 6.83. The number of aryl methyl sites for hydroxylation is 1. The number of ether oxygens (including phenoxy) is 1. The molecule has 2 heterocycles. The maximum absolute atomic E-state index is 12.3. The molecular weight excluding hydrogens is 314 g/mol. The first-order valence-electron chi connectivity index (χ1n) is 9.10. The van der Waals surface area contributed by atoms with Gasteiger partial charge in [-0.2, -0.15) is 5.26 Å². The summed E-state index contributed by atoms with van der Waals surface area (Å²) in [5, 5.41) is 12.2. The molecule has 136 valence electrons. The van der Waals surface area contributed by atoms with Crippen LogP contribution in [-0.4, -0.2) is 29.7 Å². The van der Waals surface area contributed by atoms with E-state index in [9.17, 15) is 10.1 Å². The third-order valence-corrected chi connectivity index (χ3v) is 4.72. The number of hydrogen-bond donors (Lipinski definition) is 1. The average Bonchev–Trinajstić information content (AvgIpc) is 3.17. The molecule has 1 aromatic rings. The molecule has 0 spiro atoms. The molecule has 0 aliphatic carbocycles. The minimum atomic E-state index is -0.329. The van der Waals surface area contributed by atoms with E-state index in [-0.39, 0.29) is 17.6 Å². The second-order valence-electron chi connectivity index (χ2n) is 7.18. The van der Waals surface area contributed by atoms with Crippen LogP contribution in [0.3, 0.4) is 0 Å². The number of carbonyl (C=O) groups is 1. The molecule has 2 rings (SSSR count). The quantitative estimate of drug-likeness (QED) is 0.610. The van der Waals surface area contributed by atoms with Crippen molar-refractivity contribution in [2.75, 3.05) is 13.2 Å². The molecule has 1 aliphatic rings. The van der Waals surface area contributed by atoms with Crippen molar-refractivity contribution in [1.29, 1.82) is 5.26 Å². The number of carbonyl (C=O) groups excluding carboxylic acids is 1. The third-order valence-electron chi connectivity index (χ3n) is 4.72. The van der Waals surface area contributed by atoms with Gasteiger partial charge in [0.25, 0.3) is 5.91 Å². The van der Waals surface area contributed by atoms with Crippen molar-refractivity contribution in [3.05, 3.63) is 28.6 Å². The Morgan fingerprint density at radius 2 is 2.28 bits per heavy atom. The molecule has 25 heavy (non-hydrogen) atoms. The third kappa shape index (κ3) is 5.20. The minimum absolute atomic E-state index is 0.0741. The van der Waals surface area contributed by atoms with Gasteiger partial charge in [-0.15, -0.1) is 0 Å². The van der Waals surface area contributed by atoms with Crippen molar-refractivity contribution >= 4 is 12.0 Å². The van der Waals surface area contributed by atoms with Crippen LogP contribution in [0.1, 0.15) is 50.1 Å². The van der Waals surface area contributed by atoms with Crippen LogP contribution in [0.5, 0.6) is 0 Å². The lowest BCUT2D eigenvalue weighted by molar-refractivity contribution is -0.117. The van der Waals surface area contributed by atoms with Gasteiger partial charge in [-0.25, -0.2) is 0 Å². The van der Waals surface area contributed by atoms with E-state index in [1.807, 2.05) is 19.1 Å². The van der Waals surface area contributed by atoms with Crippen molar-refractivity contribution < 1.29 is 9.53 Å². The van der Waals surface area contributed by atoms with E-state index >= 15 is 0 Å². The summed E-state index contributed by atoms with van der Waals surface area (Å²) in [4.78, 5) is 12.3. The number of rotatable bonds is 7. The summed E-state index contributed by atoms with van der Waals surface area (Å²) in [6, 6.07) is 4.07. The van der Waals surface area contributed by atoms with Gasteiger partial charge >= 0.3 is 0 Å². The van der Waals surface area contributed by atoms with Crippen LogP contribution in [0, 0.1) is 31.1 Å². The standard InChI is InChI=1S/C20H29N3O2/c1-14(2)7-8-23-15(3)10-17(16(23)4)11-18(12-21)20(24)22-13-19-6-5-9-25-19/h10-11,14,19H,5-9,13H2,1-4H3,(H,22,24). The molecule has 1 aromatic heterocycles. The molecule has 1 fully saturated rings. The number of nitrogens with zero attached hydrogens (tertiary/aromatic N) is 2. The Balaban J connectivity index is 2.08. The second-order valence-corrected chi connectivity index (χ2v) is 7.18. The Bertz CT molecular complexity index is 674. The van der Waals surface area contributed by atoms with E-state index in [1.165, 1.54) is 0 Å². The van der Waals surface area contributed by atoms with E-state index < -0.39 is 0 Å². The Morgan fingerprint density at radius 3 is 2.88 bits per heavy atom. The second kappa shape index (κ2) is 8.87. The molecule has 1 saturated heterocycles. The van der Waals surface area contributed by atoms with Crippen molar-refractivity contribution in [3.8, 4) is 6.07 Å². The van der Waals surface area contributed by atoms with Crippen LogP contribution in [0.15, 0.2) is 11.6 Å². The smallest absolute Gasteiger partial charge is 0.262 e. The lowest BCUT2D eigenvalue weighted by atomic mass is 10.1. The number of amides is 1. The Hall–Kier alpha value is -2.06. The summed E-state index contributed by atoms with van der Waals surface area (Å²) in [5.74, 6) is 0.309. The number of aromatic nitrogens is 1. The van der Waals surface area contributed by atoms with Crippen LogP contribution in [0.2, 0.25) is 0 Å². The van der Waals surface area contributed by atoms with Gasteiger partial charge in [-0.3, -0.25) is 4.79 Å². The molecular formula is C20H29N3O2. The summed E-state index contributed by atoms with van der Waals surface area (Å²) >= 11 is 0. The van der Waals surface area contributed by atoms with Crippen LogP contribution in [0.4, 0.5) is 0 Å².